The number of sulfone groups is 1. The molecule has 5 nitrogen and oxygen atoms in total. The molecular formula is C9H17NO4S. The van der Waals surface area contributed by atoms with Gasteiger partial charge in [-0.2, -0.15) is 0 Å². The normalized spacial score (nSPS) is 19.2. The van der Waals surface area contributed by atoms with Gasteiger partial charge in [-0.15, -0.1) is 0 Å². The average Bonchev–Trinajstić information content (AvgIpc) is 2.17. The van der Waals surface area contributed by atoms with Crippen LogP contribution in [0.15, 0.2) is 0 Å². The molecule has 88 valence electrons. The third kappa shape index (κ3) is 3.46. The van der Waals surface area contributed by atoms with Crippen molar-refractivity contribution in [1.82, 2.24) is 4.90 Å². The van der Waals surface area contributed by atoms with Gasteiger partial charge in [0.05, 0.1) is 5.25 Å². The van der Waals surface area contributed by atoms with E-state index in [1.165, 1.54) is 13.4 Å². The van der Waals surface area contributed by atoms with E-state index in [9.17, 15) is 13.2 Å². The third-order valence-electron chi connectivity index (χ3n) is 2.67. The maximum atomic E-state index is 11.4. The van der Waals surface area contributed by atoms with Crippen molar-refractivity contribution in [2.24, 2.45) is 0 Å². The van der Waals surface area contributed by atoms with Crippen LogP contribution in [-0.4, -0.2) is 57.5 Å². The van der Waals surface area contributed by atoms with Gasteiger partial charge in [-0.25, -0.2) is 8.42 Å². The number of ether oxygens (including phenoxy) is 1. The number of methoxy groups -OCH3 is 1. The molecule has 0 saturated carbocycles. The summed E-state index contributed by atoms with van der Waals surface area (Å²) >= 11 is 0. The number of piperidine rings is 1. The van der Waals surface area contributed by atoms with Crippen LogP contribution in [0.5, 0.6) is 0 Å². The quantitative estimate of drug-likeness (QED) is 0.672. The van der Waals surface area contributed by atoms with Crippen LogP contribution in [0.25, 0.3) is 0 Å². The fourth-order valence-corrected chi connectivity index (χ4v) is 2.82. The molecule has 1 saturated heterocycles. The van der Waals surface area contributed by atoms with Gasteiger partial charge in [-0.1, -0.05) is 0 Å². The number of amides is 1. The molecule has 0 atom stereocenters. The lowest BCUT2D eigenvalue weighted by molar-refractivity contribution is -0.135. The van der Waals surface area contributed by atoms with Gasteiger partial charge in [0.25, 0.3) is 0 Å². The molecule has 1 fully saturated rings. The zero-order chi connectivity index (χ0) is 11.5. The summed E-state index contributed by atoms with van der Waals surface area (Å²) in [7, 11) is -1.48. The first-order chi connectivity index (χ1) is 6.95. The van der Waals surface area contributed by atoms with Gasteiger partial charge in [0.15, 0.2) is 0 Å². The number of nitrogens with zero attached hydrogens (tertiary/aromatic N) is 1. The van der Waals surface area contributed by atoms with Gasteiger partial charge in [-0.3, -0.25) is 4.79 Å². The smallest absolute Gasteiger partial charge is 0.248 e. The molecule has 0 aromatic rings. The van der Waals surface area contributed by atoms with Crippen LogP contribution in [0.1, 0.15) is 12.8 Å². The number of hydrogen-bond acceptors (Lipinski definition) is 4. The second-order valence-corrected chi connectivity index (χ2v) is 6.17. The molecular weight excluding hydrogens is 218 g/mol. The summed E-state index contributed by atoms with van der Waals surface area (Å²) in [6.45, 7) is 1.10. The van der Waals surface area contributed by atoms with E-state index in [1.54, 1.807) is 4.90 Å². The van der Waals surface area contributed by atoms with E-state index in [1.807, 2.05) is 0 Å². The van der Waals surface area contributed by atoms with Crippen LogP contribution in [0, 0.1) is 0 Å². The summed E-state index contributed by atoms with van der Waals surface area (Å²) in [5.74, 6) is -0.0653. The number of rotatable bonds is 3. The SMILES string of the molecule is COCC(=O)N1CCC(S(C)(=O)=O)CC1. The van der Waals surface area contributed by atoms with Crippen molar-refractivity contribution in [2.75, 3.05) is 33.1 Å². The van der Waals surface area contributed by atoms with Crippen molar-refractivity contribution in [1.29, 1.82) is 0 Å². The minimum atomic E-state index is -2.96. The topological polar surface area (TPSA) is 63.7 Å². The monoisotopic (exact) mass is 235 g/mol. The summed E-state index contributed by atoms with van der Waals surface area (Å²) in [6.07, 6.45) is 2.33. The van der Waals surface area contributed by atoms with Gasteiger partial charge in [0.2, 0.25) is 5.91 Å². The molecule has 0 aromatic carbocycles. The number of likely N-dealkylation sites (tertiary alicyclic amines) is 1. The summed E-state index contributed by atoms with van der Waals surface area (Å²) in [4.78, 5) is 13.1. The van der Waals surface area contributed by atoms with E-state index in [-0.39, 0.29) is 17.8 Å². The first-order valence-electron chi connectivity index (χ1n) is 4.90. The van der Waals surface area contributed by atoms with E-state index in [4.69, 9.17) is 4.74 Å². The Labute approximate surface area is 90.3 Å². The predicted molar refractivity (Wildman–Crippen MR) is 56.3 cm³/mol. The maximum Gasteiger partial charge on any atom is 0.248 e. The summed E-state index contributed by atoms with van der Waals surface area (Å²) in [5.41, 5.74) is 0. The molecule has 0 N–H and O–H groups in total. The zero-order valence-corrected chi connectivity index (χ0v) is 9.92. The molecule has 0 unspecified atom stereocenters. The van der Waals surface area contributed by atoms with Crippen LogP contribution in [0.2, 0.25) is 0 Å². The van der Waals surface area contributed by atoms with Crippen LogP contribution >= 0.6 is 0 Å². The summed E-state index contributed by atoms with van der Waals surface area (Å²) in [6, 6.07) is 0. The Morgan fingerprint density at radius 2 is 1.93 bits per heavy atom. The van der Waals surface area contributed by atoms with Gasteiger partial charge in [0.1, 0.15) is 16.4 Å². The van der Waals surface area contributed by atoms with E-state index in [2.05, 4.69) is 0 Å². The molecule has 0 bridgehead atoms. The van der Waals surface area contributed by atoms with Crippen LogP contribution in [0.4, 0.5) is 0 Å². The third-order valence-corrected chi connectivity index (χ3v) is 4.35. The molecule has 0 aliphatic carbocycles. The Hall–Kier alpha value is -0.620. The highest BCUT2D eigenvalue weighted by Crippen LogP contribution is 2.16. The Balaban J connectivity index is 2.46. The Kier molecular flexibility index (Phi) is 4.10. The molecule has 1 aliphatic heterocycles. The van der Waals surface area contributed by atoms with Crippen LogP contribution in [-0.2, 0) is 19.4 Å². The molecule has 1 heterocycles. The lowest BCUT2D eigenvalue weighted by Gasteiger charge is -2.30. The second-order valence-electron chi connectivity index (χ2n) is 3.84. The highest BCUT2D eigenvalue weighted by atomic mass is 32.2. The zero-order valence-electron chi connectivity index (χ0n) is 9.10. The number of carbonyl (C=O) groups is 1. The Morgan fingerprint density at radius 1 is 1.40 bits per heavy atom. The first-order valence-corrected chi connectivity index (χ1v) is 6.86. The fourth-order valence-electron chi connectivity index (χ4n) is 1.75. The van der Waals surface area contributed by atoms with Crippen molar-refractivity contribution in [2.45, 2.75) is 18.1 Å². The molecule has 1 amide bonds. The Morgan fingerprint density at radius 3 is 2.33 bits per heavy atom. The highest BCUT2D eigenvalue weighted by molar-refractivity contribution is 7.91. The van der Waals surface area contributed by atoms with E-state index in [0.717, 1.165) is 0 Å². The molecule has 6 heteroatoms. The summed E-state index contributed by atoms with van der Waals surface area (Å²) in [5, 5.41) is -0.288. The van der Waals surface area contributed by atoms with Gasteiger partial charge in [0, 0.05) is 26.5 Å². The first kappa shape index (κ1) is 12.4. The second kappa shape index (κ2) is 4.94. The minimum absolute atomic E-state index is 0.0653. The lowest BCUT2D eigenvalue weighted by atomic mass is 10.1. The molecule has 15 heavy (non-hydrogen) atoms. The van der Waals surface area contributed by atoms with E-state index >= 15 is 0 Å². The number of carbonyl (C=O) groups excluding carboxylic acids is 1. The molecule has 1 aliphatic rings. The van der Waals surface area contributed by atoms with Crippen molar-refractivity contribution >= 4 is 15.7 Å². The lowest BCUT2D eigenvalue weighted by Crippen LogP contribution is -2.43. The van der Waals surface area contributed by atoms with Crippen molar-refractivity contribution in [3.63, 3.8) is 0 Å². The average molecular weight is 235 g/mol. The fraction of sp³-hybridized carbons (Fsp3) is 0.889. The summed E-state index contributed by atoms with van der Waals surface area (Å²) < 4.78 is 27.3. The van der Waals surface area contributed by atoms with Gasteiger partial charge in [-0.05, 0) is 12.8 Å². The molecule has 0 spiro atoms. The van der Waals surface area contributed by atoms with Crippen molar-refractivity contribution in [3.05, 3.63) is 0 Å². The Bertz CT molecular complexity index is 317. The number of hydrogen-bond donors (Lipinski definition) is 0. The minimum Gasteiger partial charge on any atom is -0.375 e. The van der Waals surface area contributed by atoms with Gasteiger partial charge >= 0.3 is 0 Å². The van der Waals surface area contributed by atoms with E-state index < -0.39 is 9.84 Å². The molecule has 0 radical (unpaired) electrons. The van der Waals surface area contributed by atoms with Crippen molar-refractivity contribution < 1.29 is 17.9 Å². The van der Waals surface area contributed by atoms with Crippen molar-refractivity contribution in [3.8, 4) is 0 Å². The van der Waals surface area contributed by atoms with Crippen LogP contribution in [0.3, 0.4) is 0 Å². The van der Waals surface area contributed by atoms with E-state index in [0.29, 0.717) is 25.9 Å². The molecule has 1 rings (SSSR count). The van der Waals surface area contributed by atoms with Crippen LogP contribution < -0.4 is 0 Å². The largest absolute Gasteiger partial charge is 0.375 e. The van der Waals surface area contributed by atoms with Gasteiger partial charge < -0.3 is 9.64 Å². The standard InChI is InChI=1S/C9H17NO4S/c1-14-7-9(11)10-5-3-8(4-6-10)15(2,12)13/h8H,3-7H2,1-2H3. The molecule has 0 aromatic heterocycles. The highest BCUT2D eigenvalue weighted by Gasteiger charge is 2.28. The predicted octanol–water partition coefficient (Wildman–Crippen LogP) is -0.332. The maximum absolute atomic E-state index is 11.4.